The zero-order valence-electron chi connectivity index (χ0n) is 22.5. The van der Waals surface area contributed by atoms with Crippen molar-refractivity contribution in [3.05, 3.63) is 29.3 Å². The lowest BCUT2D eigenvalue weighted by molar-refractivity contribution is -0.136. The largest absolute Gasteiger partial charge is 0.444 e. The summed E-state index contributed by atoms with van der Waals surface area (Å²) in [4.78, 5) is 62.1. The van der Waals surface area contributed by atoms with Crippen LogP contribution in [0.3, 0.4) is 0 Å². The van der Waals surface area contributed by atoms with Crippen molar-refractivity contribution in [2.75, 3.05) is 58.0 Å². The Labute approximate surface area is 226 Å². The van der Waals surface area contributed by atoms with E-state index in [9.17, 15) is 24.0 Å². The Morgan fingerprint density at radius 1 is 0.949 bits per heavy atom. The molecule has 13 nitrogen and oxygen atoms in total. The minimum absolute atomic E-state index is 0.0658. The Bertz CT molecular complexity index is 1070. The smallest absolute Gasteiger partial charge is 0.407 e. The van der Waals surface area contributed by atoms with Gasteiger partial charge in [0.05, 0.1) is 50.8 Å². The van der Waals surface area contributed by atoms with E-state index in [-0.39, 0.29) is 24.0 Å². The Hall–Kier alpha value is -3.55. The fourth-order valence-electron chi connectivity index (χ4n) is 4.00. The van der Waals surface area contributed by atoms with E-state index in [0.29, 0.717) is 58.4 Å². The van der Waals surface area contributed by atoms with E-state index < -0.39 is 41.4 Å². The number of alkyl carbamates (subject to hydrolysis) is 1. The number of rotatable bonds is 14. The normalized spacial score (nSPS) is 17.2. The van der Waals surface area contributed by atoms with E-state index >= 15 is 0 Å². The third-order valence-corrected chi connectivity index (χ3v) is 5.69. The van der Waals surface area contributed by atoms with Gasteiger partial charge in [-0.25, -0.2) is 4.79 Å². The van der Waals surface area contributed by atoms with Crippen molar-refractivity contribution in [3.63, 3.8) is 0 Å². The average Bonchev–Trinajstić information content (AvgIpc) is 3.11. The Kier molecular flexibility index (Phi) is 10.8. The molecule has 39 heavy (non-hydrogen) atoms. The van der Waals surface area contributed by atoms with Gasteiger partial charge in [-0.15, -0.1) is 0 Å². The highest BCUT2D eigenvalue weighted by Gasteiger charge is 2.45. The number of imide groups is 2. The summed E-state index contributed by atoms with van der Waals surface area (Å²) in [5.41, 5.74) is 0.349. The highest BCUT2D eigenvalue weighted by molar-refractivity contribution is 6.25. The second-order valence-electron chi connectivity index (χ2n) is 9.87. The molecule has 3 N–H and O–H groups in total. The maximum atomic E-state index is 13.1. The van der Waals surface area contributed by atoms with E-state index in [1.54, 1.807) is 39.0 Å². The SMILES string of the molecule is CC(C)(C)OC(=O)NCCOCCOCCOCCNc1cccc2c1C(=O)N(C1CCC(=O)NC1=O)C2=O. The molecular formula is C26H36N4O9. The van der Waals surface area contributed by atoms with Crippen LogP contribution >= 0.6 is 0 Å². The van der Waals surface area contributed by atoms with Crippen molar-refractivity contribution >= 4 is 35.4 Å². The molecule has 2 heterocycles. The Morgan fingerprint density at radius 2 is 1.59 bits per heavy atom. The van der Waals surface area contributed by atoms with Gasteiger partial charge in [0, 0.05) is 25.2 Å². The van der Waals surface area contributed by atoms with Crippen LogP contribution in [0.15, 0.2) is 18.2 Å². The summed E-state index contributed by atoms with van der Waals surface area (Å²) in [6.07, 6.45) is -0.317. The molecule has 1 unspecified atom stereocenters. The van der Waals surface area contributed by atoms with Crippen LogP contribution in [0.5, 0.6) is 0 Å². The molecular weight excluding hydrogens is 512 g/mol. The molecule has 5 amide bonds. The lowest BCUT2D eigenvalue weighted by atomic mass is 10.0. The van der Waals surface area contributed by atoms with Gasteiger partial charge in [-0.05, 0) is 39.3 Å². The molecule has 0 bridgehead atoms. The van der Waals surface area contributed by atoms with Gasteiger partial charge >= 0.3 is 6.09 Å². The summed E-state index contributed by atoms with van der Waals surface area (Å²) >= 11 is 0. The van der Waals surface area contributed by atoms with E-state index in [1.165, 1.54) is 0 Å². The Balaban J connectivity index is 1.28. The summed E-state index contributed by atoms with van der Waals surface area (Å²) in [6.45, 7) is 8.25. The summed E-state index contributed by atoms with van der Waals surface area (Å²) in [5, 5.41) is 7.90. The van der Waals surface area contributed by atoms with E-state index in [4.69, 9.17) is 18.9 Å². The van der Waals surface area contributed by atoms with Gasteiger partial charge in [-0.1, -0.05) is 6.07 Å². The number of carbonyl (C=O) groups excluding carboxylic acids is 5. The minimum Gasteiger partial charge on any atom is -0.444 e. The third kappa shape index (κ3) is 8.73. The molecule has 1 aromatic rings. The number of fused-ring (bicyclic) bond motifs is 1. The summed E-state index contributed by atoms with van der Waals surface area (Å²) in [6, 6.07) is 3.88. The second kappa shape index (κ2) is 14.0. The number of hydrogen-bond acceptors (Lipinski definition) is 10. The number of anilines is 1. The van der Waals surface area contributed by atoms with Crippen LogP contribution in [0.2, 0.25) is 0 Å². The molecule has 0 radical (unpaired) electrons. The van der Waals surface area contributed by atoms with Gasteiger partial charge in [0.15, 0.2) is 0 Å². The number of nitrogens with zero attached hydrogens (tertiary/aromatic N) is 1. The standard InChI is InChI=1S/C26H36N4O9/c1-26(2,3)39-25(35)28-10-12-37-14-16-38-15-13-36-11-9-27-18-6-4-5-17-21(18)24(34)30(23(17)33)19-7-8-20(31)29-22(19)32/h4-6,19,27H,7-16H2,1-3H3,(H,28,35)(H,29,31,32). The van der Waals surface area contributed by atoms with Crippen molar-refractivity contribution in [2.24, 2.45) is 0 Å². The molecule has 1 fully saturated rings. The van der Waals surface area contributed by atoms with Crippen LogP contribution in [0.1, 0.15) is 54.3 Å². The van der Waals surface area contributed by atoms with Gasteiger partial charge in [-0.3, -0.25) is 29.4 Å². The molecule has 1 saturated heterocycles. The fourth-order valence-corrected chi connectivity index (χ4v) is 4.00. The lowest BCUT2D eigenvalue weighted by Crippen LogP contribution is -2.54. The quantitative estimate of drug-likeness (QED) is 0.227. The van der Waals surface area contributed by atoms with Gasteiger partial charge < -0.3 is 29.6 Å². The molecule has 1 atom stereocenters. The Morgan fingerprint density at radius 3 is 2.23 bits per heavy atom. The zero-order chi connectivity index (χ0) is 28.4. The first-order valence-electron chi connectivity index (χ1n) is 12.9. The van der Waals surface area contributed by atoms with Crippen molar-refractivity contribution in [3.8, 4) is 0 Å². The van der Waals surface area contributed by atoms with Crippen molar-refractivity contribution in [1.29, 1.82) is 0 Å². The van der Waals surface area contributed by atoms with Gasteiger partial charge in [0.25, 0.3) is 11.8 Å². The predicted molar refractivity (Wildman–Crippen MR) is 138 cm³/mol. The monoisotopic (exact) mass is 548 g/mol. The maximum Gasteiger partial charge on any atom is 0.407 e. The van der Waals surface area contributed by atoms with E-state index in [0.717, 1.165) is 4.90 Å². The third-order valence-electron chi connectivity index (χ3n) is 5.69. The van der Waals surface area contributed by atoms with E-state index in [1.807, 2.05) is 0 Å². The number of nitrogens with one attached hydrogen (secondary N) is 3. The first kappa shape index (κ1) is 30.0. The first-order valence-corrected chi connectivity index (χ1v) is 12.9. The van der Waals surface area contributed by atoms with Crippen molar-refractivity contribution < 1.29 is 42.9 Å². The summed E-state index contributed by atoms with van der Waals surface area (Å²) in [5.74, 6) is -2.18. The minimum atomic E-state index is -1.01. The summed E-state index contributed by atoms with van der Waals surface area (Å²) < 4.78 is 21.5. The van der Waals surface area contributed by atoms with Crippen molar-refractivity contribution in [2.45, 2.75) is 45.3 Å². The lowest BCUT2D eigenvalue weighted by Gasteiger charge is -2.27. The number of ether oxygens (including phenoxy) is 4. The maximum absolute atomic E-state index is 13.1. The molecule has 13 heteroatoms. The molecule has 0 aliphatic carbocycles. The molecule has 1 aromatic carbocycles. The van der Waals surface area contributed by atoms with Gasteiger partial charge in [0.2, 0.25) is 11.8 Å². The van der Waals surface area contributed by atoms with Crippen LogP contribution < -0.4 is 16.0 Å². The first-order chi connectivity index (χ1) is 18.6. The number of carbonyl (C=O) groups is 5. The van der Waals surface area contributed by atoms with Gasteiger partial charge in [0.1, 0.15) is 11.6 Å². The average molecular weight is 549 g/mol. The molecule has 3 rings (SSSR count). The summed E-state index contributed by atoms with van der Waals surface area (Å²) in [7, 11) is 0. The van der Waals surface area contributed by atoms with Crippen LogP contribution in [-0.4, -0.2) is 99.0 Å². The van der Waals surface area contributed by atoms with E-state index in [2.05, 4.69) is 16.0 Å². The number of hydrogen-bond donors (Lipinski definition) is 3. The molecule has 214 valence electrons. The van der Waals surface area contributed by atoms with Crippen molar-refractivity contribution in [1.82, 2.24) is 15.5 Å². The zero-order valence-corrected chi connectivity index (χ0v) is 22.5. The molecule has 0 spiro atoms. The molecule has 0 aromatic heterocycles. The van der Waals surface area contributed by atoms with Gasteiger partial charge in [-0.2, -0.15) is 0 Å². The fraction of sp³-hybridized carbons (Fsp3) is 0.577. The van der Waals surface area contributed by atoms with Crippen LogP contribution in [0, 0.1) is 0 Å². The second-order valence-corrected chi connectivity index (χ2v) is 9.87. The number of piperidine rings is 1. The molecule has 2 aliphatic rings. The highest BCUT2D eigenvalue weighted by Crippen LogP contribution is 2.32. The van der Waals surface area contributed by atoms with Crippen LogP contribution in [0.25, 0.3) is 0 Å². The predicted octanol–water partition coefficient (Wildman–Crippen LogP) is 1.07. The van der Waals surface area contributed by atoms with Crippen LogP contribution in [0.4, 0.5) is 10.5 Å². The number of amides is 5. The van der Waals surface area contributed by atoms with Crippen LogP contribution in [-0.2, 0) is 28.5 Å². The highest BCUT2D eigenvalue weighted by atomic mass is 16.6. The number of benzene rings is 1. The topological polar surface area (TPSA) is 162 Å². The molecule has 2 aliphatic heterocycles. The molecule has 0 saturated carbocycles.